The number of nitrogens with zero attached hydrogens (tertiary/aromatic N) is 2. The summed E-state index contributed by atoms with van der Waals surface area (Å²) in [6.07, 6.45) is 0. The van der Waals surface area contributed by atoms with Gasteiger partial charge in [-0.05, 0) is 110 Å². The molecule has 2 heterocycles. The van der Waals surface area contributed by atoms with Crippen LogP contribution in [0.2, 0.25) is 0 Å². The lowest BCUT2D eigenvalue weighted by molar-refractivity contribution is 1.18. The van der Waals surface area contributed by atoms with Crippen LogP contribution in [0.1, 0.15) is 0 Å². The molecule has 2 heteroatoms. The maximum atomic E-state index is 2.49. The zero-order valence-corrected chi connectivity index (χ0v) is 30.5. The monoisotopic (exact) mass is 710 g/mol. The lowest BCUT2D eigenvalue weighted by Crippen LogP contribution is -1.97. The third-order valence-electron chi connectivity index (χ3n) is 11.9. The molecule has 0 bridgehead atoms. The van der Waals surface area contributed by atoms with Crippen LogP contribution in [0.4, 0.5) is 0 Å². The standard InChI is InChI=1S/C54H34N2/c1-3-14-35(15-4-1)36-26-29-45-46(32-36)41-19-8-7-18-40(41)44-22-13-25-53(54(44)45)56-50-24-12-10-21-43(50)48-34-38(28-31-52(48)56)37-27-30-51-47(33-37)42-20-9-11-23-49(42)55(51)39-16-5-2-6-17-39/h1-34H. The predicted molar refractivity (Wildman–Crippen MR) is 239 cm³/mol. The van der Waals surface area contributed by atoms with Gasteiger partial charge in [0.1, 0.15) is 0 Å². The quantitative estimate of drug-likeness (QED) is 0.161. The number of para-hydroxylation sites is 3. The van der Waals surface area contributed by atoms with Gasteiger partial charge in [0.2, 0.25) is 0 Å². The van der Waals surface area contributed by atoms with Crippen LogP contribution in [0.3, 0.4) is 0 Å². The predicted octanol–water partition coefficient (Wildman–Crippen LogP) is 14.7. The van der Waals surface area contributed by atoms with Crippen molar-refractivity contribution in [2.24, 2.45) is 0 Å². The third kappa shape index (κ3) is 4.50. The molecule has 12 rings (SSSR count). The second kappa shape index (κ2) is 12.0. The molecule has 0 aliphatic rings. The molecule has 0 saturated carbocycles. The zero-order chi connectivity index (χ0) is 36.7. The number of fused-ring (bicyclic) bond motifs is 12. The van der Waals surface area contributed by atoms with Crippen LogP contribution in [0, 0.1) is 0 Å². The Morgan fingerprint density at radius 3 is 1.36 bits per heavy atom. The topological polar surface area (TPSA) is 9.86 Å². The Kier molecular flexibility index (Phi) is 6.66. The van der Waals surface area contributed by atoms with E-state index in [9.17, 15) is 0 Å². The van der Waals surface area contributed by atoms with Crippen LogP contribution < -0.4 is 0 Å². The summed E-state index contributed by atoms with van der Waals surface area (Å²) in [5, 5.41) is 12.6. The van der Waals surface area contributed by atoms with Crippen LogP contribution in [-0.2, 0) is 0 Å². The minimum Gasteiger partial charge on any atom is -0.309 e. The van der Waals surface area contributed by atoms with E-state index in [1.165, 1.54) is 110 Å². The van der Waals surface area contributed by atoms with Gasteiger partial charge in [0.25, 0.3) is 0 Å². The zero-order valence-electron chi connectivity index (χ0n) is 30.5. The van der Waals surface area contributed by atoms with E-state index in [4.69, 9.17) is 0 Å². The van der Waals surface area contributed by atoms with E-state index in [0.717, 1.165) is 0 Å². The highest BCUT2D eigenvalue weighted by molar-refractivity contribution is 6.28. The molecule has 12 aromatic rings. The number of hydrogen-bond acceptors (Lipinski definition) is 0. The van der Waals surface area contributed by atoms with Gasteiger partial charge in [-0.2, -0.15) is 0 Å². The van der Waals surface area contributed by atoms with Crippen LogP contribution in [0.5, 0.6) is 0 Å². The van der Waals surface area contributed by atoms with Crippen molar-refractivity contribution in [2.75, 3.05) is 0 Å². The first kappa shape index (κ1) is 31.0. The summed E-state index contributed by atoms with van der Waals surface area (Å²) in [7, 11) is 0. The molecule has 0 amide bonds. The van der Waals surface area contributed by atoms with E-state index in [-0.39, 0.29) is 0 Å². The van der Waals surface area contributed by atoms with Crippen LogP contribution in [0.15, 0.2) is 206 Å². The molecule has 260 valence electrons. The molecule has 2 aromatic heterocycles. The molecule has 10 aromatic carbocycles. The maximum Gasteiger partial charge on any atom is 0.0547 e. The van der Waals surface area contributed by atoms with E-state index in [0.29, 0.717) is 0 Å². The van der Waals surface area contributed by atoms with Gasteiger partial charge in [0, 0.05) is 32.6 Å². The van der Waals surface area contributed by atoms with Crippen molar-refractivity contribution in [3.63, 3.8) is 0 Å². The van der Waals surface area contributed by atoms with Crippen molar-refractivity contribution in [2.45, 2.75) is 0 Å². The fourth-order valence-electron chi connectivity index (χ4n) is 9.40. The number of hydrogen-bond donors (Lipinski definition) is 0. The van der Waals surface area contributed by atoms with Gasteiger partial charge in [0.15, 0.2) is 0 Å². The number of benzene rings is 10. The molecule has 2 nitrogen and oxygen atoms in total. The van der Waals surface area contributed by atoms with Crippen molar-refractivity contribution in [1.82, 2.24) is 9.13 Å². The van der Waals surface area contributed by atoms with Gasteiger partial charge in [-0.25, -0.2) is 0 Å². The SMILES string of the molecule is c1ccc(-c2ccc3c(c2)c2ccccc2c2cccc(-n4c5ccccc5c5cc(-c6ccc7c(c6)c6ccccc6n7-c6ccccc6)ccc54)c23)cc1. The first-order valence-corrected chi connectivity index (χ1v) is 19.4. The van der Waals surface area contributed by atoms with Crippen LogP contribution in [-0.4, -0.2) is 9.13 Å². The Morgan fingerprint density at radius 2 is 0.679 bits per heavy atom. The minimum atomic E-state index is 1.17. The van der Waals surface area contributed by atoms with E-state index in [1.807, 2.05) is 0 Å². The summed E-state index contributed by atoms with van der Waals surface area (Å²) in [5.74, 6) is 0. The Labute approximate surface area is 323 Å². The normalized spacial score (nSPS) is 11.9. The first-order chi connectivity index (χ1) is 27.8. The maximum absolute atomic E-state index is 2.49. The summed E-state index contributed by atoms with van der Waals surface area (Å²) < 4.78 is 4.87. The van der Waals surface area contributed by atoms with Gasteiger partial charge in [-0.1, -0.05) is 146 Å². The largest absolute Gasteiger partial charge is 0.309 e. The van der Waals surface area contributed by atoms with Crippen molar-refractivity contribution in [1.29, 1.82) is 0 Å². The fourth-order valence-corrected chi connectivity index (χ4v) is 9.40. The van der Waals surface area contributed by atoms with Crippen molar-refractivity contribution < 1.29 is 0 Å². The Morgan fingerprint density at radius 1 is 0.232 bits per heavy atom. The first-order valence-electron chi connectivity index (χ1n) is 19.4. The summed E-state index contributed by atoms with van der Waals surface area (Å²) in [5.41, 5.74) is 12.1. The highest BCUT2D eigenvalue weighted by Gasteiger charge is 2.19. The smallest absolute Gasteiger partial charge is 0.0547 e. The third-order valence-corrected chi connectivity index (χ3v) is 11.9. The molecular formula is C54H34N2. The van der Waals surface area contributed by atoms with E-state index < -0.39 is 0 Å². The Hall–Kier alpha value is -7.42. The minimum absolute atomic E-state index is 1.17. The molecule has 0 fully saturated rings. The Balaban J connectivity index is 1.09. The van der Waals surface area contributed by atoms with Crippen LogP contribution in [0.25, 0.3) is 110 Å². The molecule has 0 unspecified atom stereocenters. The molecule has 0 aliphatic heterocycles. The van der Waals surface area contributed by atoms with Gasteiger partial charge in [-0.3, -0.25) is 0 Å². The molecule has 0 saturated heterocycles. The van der Waals surface area contributed by atoms with Crippen molar-refractivity contribution in [3.8, 4) is 33.6 Å². The molecule has 0 aliphatic carbocycles. The number of rotatable bonds is 4. The number of aromatic nitrogens is 2. The van der Waals surface area contributed by atoms with E-state index in [2.05, 4.69) is 215 Å². The van der Waals surface area contributed by atoms with Crippen molar-refractivity contribution >= 4 is 75.9 Å². The summed E-state index contributed by atoms with van der Waals surface area (Å²) in [6, 6.07) is 75.7. The summed E-state index contributed by atoms with van der Waals surface area (Å²) in [6.45, 7) is 0. The molecule has 56 heavy (non-hydrogen) atoms. The van der Waals surface area contributed by atoms with Gasteiger partial charge in [0.05, 0.1) is 27.8 Å². The lowest BCUT2D eigenvalue weighted by Gasteiger charge is -2.17. The van der Waals surface area contributed by atoms with E-state index in [1.54, 1.807) is 0 Å². The van der Waals surface area contributed by atoms with Gasteiger partial charge >= 0.3 is 0 Å². The van der Waals surface area contributed by atoms with E-state index >= 15 is 0 Å². The van der Waals surface area contributed by atoms with Crippen molar-refractivity contribution in [3.05, 3.63) is 206 Å². The van der Waals surface area contributed by atoms with Gasteiger partial charge < -0.3 is 9.13 Å². The fraction of sp³-hybridized carbons (Fsp3) is 0. The van der Waals surface area contributed by atoms with Crippen LogP contribution >= 0.6 is 0 Å². The molecule has 0 N–H and O–H groups in total. The summed E-state index contributed by atoms with van der Waals surface area (Å²) in [4.78, 5) is 0. The molecule has 0 radical (unpaired) electrons. The molecule has 0 spiro atoms. The average molecular weight is 711 g/mol. The molecule has 0 atom stereocenters. The highest BCUT2D eigenvalue weighted by atomic mass is 15.0. The Bertz CT molecular complexity index is 3510. The second-order valence-corrected chi connectivity index (χ2v) is 14.9. The highest BCUT2D eigenvalue weighted by Crippen LogP contribution is 2.43. The van der Waals surface area contributed by atoms with Gasteiger partial charge in [-0.15, -0.1) is 0 Å². The summed E-state index contributed by atoms with van der Waals surface area (Å²) >= 11 is 0. The lowest BCUT2D eigenvalue weighted by atomic mass is 9.91. The average Bonchev–Trinajstić information content (AvgIpc) is 3.79. The second-order valence-electron chi connectivity index (χ2n) is 14.9. The molecular weight excluding hydrogens is 677 g/mol.